The fourth-order valence-electron chi connectivity index (χ4n) is 2.95. The lowest BCUT2D eigenvalue weighted by molar-refractivity contribution is -0.142. The summed E-state index contributed by atoms with van der Waals surface area (Å²) in [7, 11) is 0. The molecule has 2 atom stereocenters. The van der Waals surface area contributed by atoms with Gasteiger partial charge in [-0.3, -0.25) is 9.59 Å². The van der Waals surface area contributed by atoms with Gasteiger partial charge in [-0.2, -0.15) is 0 Å². The third kappa shape index (κ3) is 6.71. The zero-order valence-electron chi connectivity index (χ0n) is 16.7. The number of aryl methyl sites for hydroxylation is 2. The molecule has 7 heteroatoms. The van der Waals surface area contributed by atoms with Crippen molar-refractivity contribution in [2.24, 2.45) is 0 Å². The monoisotopic (exact) mass is 400 g/mol. The predicted octanol–water partition coefficient (Wildman–Crippen LogP) is 2.30. The highest BCUT2D eigenvalue weighted by molar-refractivity contribution is 5.90. The van der Waals surface area contributed by atoms with Crippen molar-refractivity contribution in [1.82, 2.24) is 10.6 Å². The second-order valence-corrected chi connectivity index (χ2v) is 7.11. The molecule has 2 aromatic carbocycles. The van der Waals surface area contributed by atoms with E-state index in [1.807, 2.05) is 32.0 Å². The topological polar surface area (TPSA) is 95.5 Å². The number of carboxylic acids is 1. The van der Waals surface area contributed by atoms with Gasteiger partial charge in [0.2, 0.25) is 11.8 Å². The Morgan fingerprint density at radius 1 is 0.897 bits per heavy atom. The summed E-state index contributed by atoms with van der Waals surface area (Å²) in [5, 5.41) is 14.6. The Labute approximate surface area is 169 Å². The third-order valence-corrected chi connectivity index (χ3v) is 4.67. The van der Waals surface area contributed by atoms with Crippen LogP contribution in [0.25, 0.3) is 0 Å². The molecule has 6 nitrogen and oxygen atoms in total. The molecule has 3 N–H and O–H groups in total. The number of amides is 2. The van der Waals surface area contributed by atoms with Gasteiger partial charge in [-0.25, -0.2) is 9.18 Å². The molecule has 0 aliphatic rings. The van der Waals surface area contributed by atoms with E-state index in [1.54, 1.807) is 0 Å². The van der Waals surface area contributed by atoms with Crippen LogP contribution in [0, 0.1) is 19.7 Å². The highest BCUT2D eigenvalue weighted by Gasteiger charge is 2.26. The zero-order chi connectivity index (χ0) is 21.6. The van der Waals surface area contributed by atoms with Crippen molar-refractivity contribution in [3.8, 4) is 0 Å². The number of rotatable bonds is 8. The van der Waals surface area contributed by atoms with E-state index in [4.69, 9.17) is 0 Å². The smallest absolute Gasteiger partial charge is 0.326 e. The second kappa shape index (κ2) is 9.82. The Morgan fingerprint density at radius 3 is 2.03 bits per heavy atom. The molecule has 0 spiro atoms. The Morgan fingerprint density at radius 2 is 1.48 bits per heavy atom. The molecule has 154 valence electrons. The molecule has 0 aliphatic carbocycles. The number of carboxylic acid groups (broad SMARTS) is 1. The molecule has 0 fully saturated rings. The number of benzene rings is 2. The Kier molecular flexibility index (Phi) is 7.47. The van der Waals surface area contributed by atoms with Crippen LogP contribution in [0.5, 0.6) is 0 Å². The van der Waals surface area contributed by atoms with Crippen LogP contribution in [0.4, 0.5) is 4.39 Å². The normalized spacial score (nSPS) is 12.7. The quantitative estimate of drug-likeness (QED) is 0.634. The SMILES string of the molecule is CC(=O)N[C@@H](Cc1ccc(F)cc1)C(=O)N[C@@H](Cc1ccc(C)c(C)c1)C(=O)O. The molecule has 29 heavy (non-hydrogen) atoms. The van der Waals surface area contributed by atoms with E-state index in [0.717, 1.165) is 16.7 Å². The van der Waals surface area contributed by atoms with Gasteiger partial charge in [-0.1, -0.05) is 30.3 Å². The van der Waals surface area contributed by atoms with Crippen LogP contribution in [0.3, 0.4) is 0 Å². The molecule has 0 unspecified atom stereocenters. The van der Waals surface area contributed by atoms with E-state index in [0.29, 0.717) is 5.56 Å². The first kappa shape index (κ1) is 22.1. The number of hydrogen-bond acceptors (Lipinski definition) is 3. The maximum absolute atomic E-state index is 13.1. The van der Waals surface area contributed by atoms with E-state index in [9.17, 15) is 23.9 Å². The first-order valence-electron chi connectivity index (χ1n) is 9.26. The van der Waals surface area contributed by atoms with Gasteiger partial charge >= 0.3 is 5.97 Å². The lowest BCUT2D eigenvalue weighted by Crippen LogP contribution is -2.52. The van der Waals surface area contributed by atoms with Crippen molar-refractivity contribution in [3.63, 3.8) is 0 Å². The summed E-state index contributed by atoms with van der Waals surface area (Å²) in [6.07, 6.45) is 0.229. The van der Waals surface area contributed by atoms with Crippen molar-refractivity contribution in [3.05, 3.63) is 70.5 Å². The van der Waals surface area contributed by atoms with E-state index in [-0.39, 0.29) is 12.8 Å². The van der Waals surface area contributed by atoms with Gasteiger partial charge in [0.05, 0.1) is 0 Å². The lowest BCUT2D eigenvalue weighted by Gasteiger charge is -2.21. The van der Waals surface area contributed by atoms with Gasteiger partial charge in [0, 0.05) is 19.8 Å². The molecule has 0 heterocycles. The van der Waals surface area contributed by atoms with Crippen LogP contribution in [-0.2, 0) is 27.2 Å². The van der Waals surface area contributed by atoms with E-state index in [1.165, 1.54) is 31.2 Å². The predicted molar refractivity (Wildman–Crippen MR) is 107 cm³/mol. The number of hydrogen-bond donors (Lipinski definition) is 3. The van der Waals surface area contributed by atoms with Gasteiger partial charge in [-0.15, -0.1) is 0 Å². The van der Waals surface area contributed by atoms with Crippen LogP contribution < -0.4 is 10.6 Å². The standard InChI is InChI=1S/C22H25FN2O4/c1-13-4-5-17(10-14(13)2)12-20(22(28)29)25-21(27)19(24-15(3)26)11-16-6-8-18(23)9-7-16/h4-10,19-20H,11-12H2,1-3H3,(H,24,26)(H,25,27)(H,28,29)/t19-,20-/m0/s1. The summed E-state index contributed by atoms with van der Waals surface area (Å²) >= 11 is 0. The van der Waals surface area contributed by atoms with E-state index < -0.39 is 35.7 Å². The van der Waals surface area contributed by atoms with Crippen LogP contribution in [-0.4, -0.2) is 35.0 Å². The van der Waals surface area contributed by atoms with Crippen LogP contribution >= 0.6 is 0 Å². The number of carbonyl (C=O) groups excluding carboxylic acids is 2. The van der Waals surface area contributed by atoms with Gasteiger partial charge in [0.1, 0.15) is 17.9 Å². The molecule has 0 radical (unpaired) electrons. The summed E-state index contributed by atoms with van der Waals surface area (Å²) < 4.78 is 13.1. The second-order valence-electron chi connectivity index (χ2n) is 7.11. The summed E-state index contributed by atoms with van der Waals surface area (Å²) in [5.41, 5.74) is 3.55. The van der Waals surface area contributed by atoms with Gasteiger partial charge < -0.3 is 15.7 Å². The maximum atomic E-state index is 13.1. The van der Waals surface area contributed by atoms with Crippen molar-refractivity contribution in [2.45, 2.75) is 45.7 Å². The number of nitrogens with one attached hydrogen (secondary N) is 2. The van der Waals surface area contributed by atoms with Crippen molar-refractivity contribution in [1.29, 1.82) is 0 Å². The Bertz CT molecular complexity index is 896. The van der Waals surface area contributed by atoms with Crippen molar-refractivity contribution < 1.29 is 23.9 Å². The first-order valence-corrected chi connectivity index (χ1v) is 9.26. The average Bonchev–Trinajstić information content (AvgIpc) is 2.64. The molecule has 0 bridgehead atoms. The van der Waals surface area contributed by atoms with E-state index in [2.05, 4.69) is 10.6 Å². The minimum absolute atomic E-state index is 0.113. The van der Waals surface area contributed by atoms with Gasteiger partial charge in [0.15, 0.2) is 0 Å². The number of halogens is 1. The molecular formula is C22H25FN2O4. The summed E-state index contributed by atoms with van der Waals surface area (Å²) in [6, 6.07) is 9.06. The number of carbonyl (C=O) groups is 3. The summed E-state index contributed by atoms with van der Waals surface area (Å²) in [4.78, 5) is 35.9. The minimum Gasteiger partial charge on any atom is -0.480 e. The molecule has 2 amide bonds. The molecule has 2 aromatic rings. The highest BCUT2D eigenvalue weighted by Crippen LogP contribution is 2.12. The lowest BCUT2D eigenvalue weighted by atomic mass is 10.00. The molecule has 0 saturated heterocycles. The highest BCUT2D eigenvalue weighted by atomic mass is 19.1. The Balaban J connectivity index is 2.14. The van der Waals surface area contributed by atoms with Crippen molar-refractivity contribution >= 4 is 17.8 Å². The van der Waals surface area contributed by atoms with Crippen LogP contribution in [0.15, 0.2) is 42.5 Å². The van der Waals surface area contributed by atoms with Gasteiger partial charge in [0.25, 0.3) is 0 Å². The minimum atomic E-state index is -1.17. The number of aliphatic carboxylic acids is 1. The van der Waals surface area contributed by atoms with Crippen LogP contribution in [0.2, 0.25) is 0 Å². The molecule has 2 rings (SSSR count). The largest absolute Gasteiger partial charge is 0.480 e. The zero-order valence-corrected chi connectivity index (χ0v) is 16.7. The molecule has 0 aromatic heterocycles. The molecule has 0 aliphatic heterocycles. The summed E-state index contributed by atoms with van der Waals surface area (Å²) in [6.45, 7) is 5.17. The molecular weight excluding hydrogens is 375 g/mol. The summed E-state index contributed by atoms with van der Waals surface area (Å²) in [5.74, 6) is -2.61. The van der Waals surface area contributed by atoms with E-state index >= 15 is 0 Å². The fraction of sp³-hybridized carbons (Fsp3) is 0.318. The third-order valence-electron chi connectivity index (χ3n) is 4.67. The maximum Gasteiger partial charge on any atom is 0.326 e. The fourth-order valence-corrected chi connectivity index (χ4v) is 2.95. The average molecular weight is 400 g/mol. The van der Waals surface area contributed by atoms with Crippen molar-refractivity contribution in [2.75, 3.05) is 0 Å². The first-order chi connectivity index (χ1) is 13.7. The molecule has 0 saturated carbocycles. The van der Waals surface area contributed by atoms with Gasteiger partial charge in [-0.05, 0) is 48.2 Å². The van der Waals surface area contributed by atoms with Crippen LogP contribution in [0.1, 0.15) is 29.2 Å². The Hall–Kier alpha value is -3.22.